The maximum absolute atomic E-state index is 17.9. The van der Waals surface area contributed by atoms with Crippen LogP contribution in [0.15, 0.2) is 66.3 Å². The number of nitrogens with one attached hydrogen (secondary N) is 5. The summed E-state index contributed by atoms with van der Waals surface area (Å²) in [4.78, 5) is 91.9. The van der Waals surface area contributed by atoms with Crippen LogP contribution in [0.5, 0.6) is 0 Å². The molecule has 0 aromatic heterocycles. The number of allylic oxidation sites excluding steroid dienone is 4. The second-order valence-corrected chi connectivity index (χ2v) is 28.7. The van der Waals surface area contributed by atoms with E-state index in [2.05, 4.69) is 42.5 Å². The minimum Gasteiger partial charge on any atom is -0.392 e. The van der Waals surface area contributed by atoms with Crippen LogP contribution >= 0.6 is 15.9 Å². The van der Waals surface area contributed by atoms with Gasteiger partial charge in [-0.3, -0.25) is 33.6 Å². The van der Waals surface area contributed by atoms with Crippen LogP contribution in [-0.4, -0.2) is 289 Å². The zero-order valence-electron chi connectivity index (χ0n) is 64.3. The van der Waals surface area contributed by atoms with E-state index in [9.17, 15) is 48.9 Å². The van der Waals surface area contributed by atoms with Gasteiger partial charge in [0.05, 0.1) is 189 Å². The highest BCUT2D eigenvalue weighted by Gasteiger charge is 2.79. The molecular weight excluding hydrogens is 1510 g/mol. The number of hydrogen-bond acceptors (Lipinski definition) is 25. The Kier molecular flexibility index (Phi) is 40.3. The van der Waals surface area contributed by atoms with Crippen molar-refractivity contribution in [2.75, 3.05) is 196 Å². The number of hydrogen-bond donors (Lipinski definition) is 8. The number of rotatable bonds is 58. The molecule has 7 rings (SSSR count). The van der Waals surface area contributed by atoms with E-state index in [1.807, 2.05) is 19.1 Å². The van der Waals surface area contributed by atoms with E-state index in [1.54, 1.807) is 50.4 Å². The van der Waals surface area contributed by atoms with Crippen LogP contribution in [0.1, 0.15) is 108 Å². The number of anilines is 1. The van der Waals surface area contributed by atoms with Gasteiger partial charge in [0.1, 0.15) is 24.7 Å². The summed E-state index contributed by atoms with van der Waals surface area (Å²) in [5.41, 5.74) is -2.59. The number of alkyl halides is 2. The molecule has 1 saturated heterocycles. The lowest BCUT2D eigenvalue weighted by Crippen LogP contribution is -2.69. The van der Waals surface area contributed by atoms with Crippen LogP contribution in [0.4, 0.5) is 10.1 Å². The van der Waals surface area contributed by atoms with Gasteiger partial charge in [-0.1, -0.05) is 70.9 Å². The van der Waals surface area contributed by atoms with Gasteiger partial charge in [0, 0.05) is 53.6 Å². The van der Waals surface area contributed by atoms with E-state index >= 15 is 4.39 Å². The Labute approximate surface area is 652 Å². The minimum atomic E-state index is -2.13. The Morgan fingerprint density at radius 1 is 0.627 bits per heavy atom. The molecule has 4 aliphatic carbocycles. The molecule has 12 atom stereocenters. The van der Waals surface area contributed by atoms with E-state index in [4.69, 9.17) is 71.1 Å². The summed E-state index contributed by atoms with van der Waals surface area (Å²) >= 11 is 3.11. The zero-order valence-corrected chi connectivity index (χ0v) is 65.9. The van der Waals surface area contributed by atoms with E-state index in [1.165, 1.54) is 26.0 Å². The molecule has 0 bridgehead atoms. The van der Waals surface area contributed by atoms with E-state index in [-0.39, 0.29) is 49.3 Å². The van der Waals surface area contributed by atoms with E-state index in [0.29, 0.717) is 220 Å². The molecule has 3 saturated carbocycles. The number of amides is 5. The number of Topliss-reactive ketones (excluding diaryl/α,β-unsaturated/α-hetero) is 1. The fourth-order valence-corrected chi connectivity index (χ4v) is 15.0. The second-order valence-electron chi connectivity index (χ2n) is 28.1. The average molecular weight is 1620 g/mol. The highest BCUT2D eigenvalue weighted by atomic mass is 79.9. The van der Waals surface area contributed by atoms with Crippen molar-refractivity contribution in [3.8, 4) is 0 Å². The summed E-state index contributed by atoms with van der Waals surface area (Å²) in [6.45, 7) is 16.6. The molecule has 5 aliphatic rings. The number of carbonyl (C=O) groups excluding carboxylic acids is 7. The highest BCUT2D eigenvalue weighted by Crippen LogP contribution is 2.72. The number of unbranched alkanes of at least 4 members (excludes halogenated alkanes) is 1. The summed E-state index contributed by atoms with van der Waals surface area (Å²) in [5, 5.41) is 46.1. The number of benzene rings is 2. The fraction of sp³-hybridized carbons (Fsp3) is 0.705. The number of aliphatic hydroxyl groups is 3. The molecule has 5 amide bonds. The van der Waals surface area contributed by atoms with Crippen molar-refractivity contribution in [2.24, 2.45) is 22.7 Å². The highest BCUT2D eigenvalue weighted by molar-refractivity contribution is 9.09. The van der Waals surface area contributed by atoms with Gasteiger partial charge in [-0.2, -0.15) is 0 Å². The Hall–Kier alpha value is -5.70. The van der Waals surface area contributed by atoms with Gasteiger partial charge in [-0.25, -0.2) is 4.39 Å². The quantitative estimate of drug-likeness (QED) is 0.0345. The Bertz CT molecular complexity index is 3230. The van der Waals surface area contributed by atoms with Gasteiger partial charge in [0.25, 0.3) is 0 Å². The van der Waals surface area contributed by atoms with Crippen LogP contribution in [-0.2, 0) is 118 Å². The molecule has 30 nitrogen and oxygen atoms in total. The average Bonchev–Trinajstić information content (AvgIpc) is 1.46. The molecule has 618 valence electrons. The zero-order chi connectivity index (χ0) is 79.2. The molecule has 2 aromatic rings. The van der Waals surface area contributed by atoms with Crippen LogP contribution in [0, 0.1) is 22.7 Å². The lowest BCUT2D eigenvalue weighted by molar-refractivity contribution is -0.231. The summed E-state index contributed by atoms with van der Waals surface area (Å²) < 4.78 is 102. The molecule has 1 heterocycles. The van der Waals surface area contributed by atoms with E-state index in [0.717, 1.165) is 11.1 Å². The molecule has 32 heteroatoms. The molecule has 0 unspecified atom stereocenters. The van der Waals surface area contributed by atoms with Crippen molar-refractivity contribution in [3.05, 3.63) is 88.5 Å². The van der Waals surface area contributed by atoms with Crippen molar-refractivity contribution in [2.45, 2.75) is 140 Å². The summed E-state index contributed by atoms with van der Waals surface area (Å²) in [6, 6.07) is 9.28. The maximum Gasteiger partial charge on any atom is 0.246 e. The third-order valence-electron chi connectivity index (χ3n) is 20.7. The summed E-state index contributed by atoms with van der Waals surface area (Å²) in [6.07, 6.45) is 3.58. The van der Waals surface area contributed by atoms with Crippen LogP contribution < -0.4 is 26.6 Å². The number of ketones is 2. The maximum atomic E-state index is 17.9. The first-order chi connectivity index (χ1) is 53.2. The van der Waals surface area contributed by atoms with Crippen molar-refractivity contribution < 1.29 is 124 Å². The number of halogens is 2. The molecule has 4 fully saturated rings. The van der Waals surface area contributed by atoms with Crippen molar-refractivity contribution in [1.29, 1.82) is 0 Å². The molecule has 110 heavy (non-hydrogen) atoms. The van der Waals surface area contributed by atoms with Crippen molar-refractivity contribution in [3.63, 3.8) is 0 Å². The van der Waals surface area contributed by atoms with Gasteiger partial charge in [-0.15, -0.1) is 0 Å². The Morgan fingerprint density at radius 2 is 1.13 bits per heavy atom. The predicted molar refractivity (Wildman–Crippen MR) is 402 cm³/mol. The smallest absolute Gasteiger partial charge is 0.246 e. The Morgan fingerprint density at radius 3 is 1.64 bits per heavy atom. The number of fused-ring (bicyclic) bond motifs is 7. The molecule has 2 aromatic carbocycles. The van der Waals surface area contributed by atoms with Crippen LogP contribution in [0.2, 0.25) is 0 Å². The lowest BCUT2D eigenvalue weighted by Gasteiger charge is -2.62. The van der Waals surface area contributed by atoms with Gasteiger partial charge in [0.2, 0.25) is 29.5 Å². The second kappa shape index (κ2) is 48.5. The summed E-state index contributed by atoms with van der Waals surface area (Å²) in [7, 11) is 1.63. The standard InChI is InChI=1S/C78H117BrFN5O25/c1-54(83-73(95)64(84-70(92)51-79)8-6-7-20-81-69(91)18-21-97-24-25-99-28-29-101-32-33-103-36-37-105-40-41-107-44-45-108-43-42-106-39-38-104-35-34-102-31-30-100-27-26-98-23-22-96-5)71(93)82-55(2)72(94)85-65-47-57(11-14-59(65)52-86)46-56-9-12-58(13-10-56)74-109-68-49-63-62-16-15-60-48-61(88)17-19-75(60,3)77(62,80)66(89)50-76(63,4)78(68,110-74)67(90)53-87/h9-14,17,19,47-48,54-55,62-64,66,68,74,86-87,89H,6-8,15-16,18,20-46,49-53H2,1-5H3,(H,81,91)(H,82,93)(H,83,95)(H,84,92)(H,85,94)/t54-,55-,62-,63-,64-,66-,68+,74+,75-,76-,77-,78+/m0/s1. The van der Waals surface area contributed by atoms with Crippen molar-refractivity contribution in [1.82, 2.24) is 21.3 Å². The molecule has 0 radical (unpaired) electrons. The van der Waals surface area contributed by atoms with Gasteiger partial charge < -0.3 is 113 Å². The Balaban J connectivity index is 0.681. The van der Waals surface area contributed by atoms with E-state index < -0.39 is 113 Å². The van der Waals surface area contributed by atoms with Gasteiger partial charge >= 0.3 is 0 Å². The van der Waals surface area contributed by atoms with Gasteiger partial charge in [0.15, 0.2) is 29.1 Å². The first-order valence-electron chi connectivity index (χ1n) is 38.2. The number of aliphatic hydroxyl groups excluding tert-OH is 3. The SMILES string of the molecule is COCCOCCOCCOCCOCCOCCOCCOCCOCCOCCOCCOCCOCCC(=O)NCCCC[C@H](NC(=O)CBr)C(=O)N[C@@H](C)C(=O)N[C@@H](C)C(=O)Nc1cc(Cc2ccc([C@@H]3O[C@@H]4C[C@H]5[C@@H]6CCC7=CC(=O)C=C[C@]7(C)[C@@]6(F)[C@@H](O)C[C@]5(C)[C@]4(C(=O)CO)O3)cc2)ccc1CO. The predicted octanol–water partition coefficient (Wildman–Crippen LogP) is 3.81. The fourth-order valence-electron chi connectivity index (χ4n) is 14.9. The first-order valence-corrected chi connectivity index (χ1v) is 39.4. The topological polar surface area (TPSA) is 379 Å². The van der Waals surface area contributed by atoms with Crippen LogP contribution in [0.25, 0.3) is 0 Å². The van der Waals surface area contributed by atoms with Crippen molar-refractivity contribution >= 4 is 62.7 Å². The largest absolute Gasteiger partial charge is 0.392 e. The number of methoxy groups -OCH3 is 1. The first kappa shape index (κ1) is 91.5. The number of ether oxygens (including phenoxy) is 15. The third kappa shape index (κ3) is 26.7. The number of carbonyl (C=O) groups is 7. The molecule has 8 N–H and O–H groups in total. The lowest BCUT2D eigenvalue weighted by atomic mass is 9.44. The van der Waals surface area contributed by atoms with Crippen LogP contribution in [0.3, 0.4) is 0 Å². The monoisotopic (exact) mass is 1620 g/mol. The third-order valence-corrected chi connectivity index (χ3v) is 21.2. The molecule has 0 spiro atoms. The summed E-state index contributed by atoms with van der Waals surface area (Å²) in [5.74, 6) is -4.54. The molecule has 1 aliphatic heterocycles. The molecular formula is C78H117BrFN5O25. The normalized spacial score (nSPS) is 24.0. The van der Waals surface area contributed by atoms with Gasteiger partial charge in [-0.05, 0) is 107 Å². The minimum absolute atomic E-state index is 0.0716.